The minimum atomic E-state index is -1.25. The van der Waals surface area contributed by atoms with Gasteiger partial charge in [-0.25, -0.2) is 0 Å². The molecule has 0 aliphatic carbocycles. The van der Waals surface area contributed by atoms with Gasteiger partial charge in [0, 0.05) is 24.0 Å². The van der Waals surface area contributed by atoms with Crippen molar-refractivity contribution in [3.05, 3.63) is 47.8 Å². The number of nitrogens with zero attached hydrogens (tertiary/aromatic N) is 2. The highest BCUT2D eigenvalue weighted by molar-refractivity contribution is 6.02. The molecule has 1 aromatic carbocycles. The van der Waals surface area contributed by atoms with Gasteiger partial charge in [-0.2, -0.15) is 0 Å². The molecular weight excluding hydrogens is 556 g/mol. The Bertz CT molecular complexity index is 1380. The Kier molecular flexibility index (Phi) is 11.6. The van der Waals surface area contributed by atoms with Gasteiger partial charge in [-0.3, -0.25) is 0 Å². The summed E-state index contributed by atoms with van der Waals surface area (Å²) in [5.41, 5.74) is 5.61. The van der Waals surface area contributed by atoms with Crippen molar-refractivity contribution < 1.29 is 54.0 Å². The summed E-state index contributed by atoms with van der Waals surface area (Å²) in [6, 6.07) is 9.01. The van der Waals surface area contributed by atoms with Crippen molar-refractivity contribution in [2.75, 3.05) is 13.2 Å². The minimum absolute atomic E-state index is 0. The molecule has 6 N–H and O–H groups in total. The molecule has 3 aliphatic rings. The van der Waals surface area contributed by atoms with Crippen molar-refractivity contribution in [3.63, 3.8) is 0 Å². The maximum atomic E-state index is 10.3. The van der Waals surface area contributed by atoms with Gasteiger partial charge in [-0.15, -0.1) is 9.13 Å². The largest absolute Gasteiger partial charge is 0.394 e. The van der Waals surface area contributed by atoms with E-state index in [1.165, 1.54) is 32.9 Å². The van der Waals surface area contributed by atoms with Crippen LogP contribution in [-0.4, -0.2) is 93.1 Å². The van der Waals surface area contributed by atoms with Gasteiger partial charge in [-0.1, -0.05) is 35.6 Å². The Hall–Kier alpha value is -2.32. The van der Waals surface area contributed by atoms with Crippen LogP contribution in [0.4, 0.5) is 0 Å². The molecule has 5 heterocycles. The third-order valence-corrected chi connectivity index (χ3v) is 8.78. The Morgan fingerprint density at radius 2 is 1.49 bits per heavy atom. The lowest BCUT2D eigenvalue weighted by atomic mass is 9.90. The van der Waals surface area contributed by atoms with Crippen LogP contribution in [-0.2, 0) is 27.3 Å². The van der Waals surface area contributed by atoms with Crippen LogP contribution < -0.4 is 9.13 Å². The Morgan fingerprint density at radius 1 is 0.837 bits per heavy atom. The molecule has 0 bridgehead atoms. The van der Waals surface area contributed by atoms with E-state index >= 15 is 0 Å². The first-order chi connectivity index (χ1) is 19.6. The monoisotopic (exact) mass is 606 g/mol. The van der Waals surface area contributed by atoms with Crippen LogP contribution in [0.5, 0.6) is 0 Å². The number of aromatic nitrogens is 2. The lowest BCUT2D eigenvalue weighted by molar-refractivity contribution is -0.872. The van der Waals surface area contributed by atoms with Crippen molar-refractivity contribution in [2.45, 2.75) is 105 Å². The van der Waals surface area contributed by atoms with Gasteiger partial charge < -0.3 is 44.8 Å². The van der Waals surface area contributed by atoms with Gasteiger partial charge in [-0.05, 0) is 36.6 Å². The second-order valence-corrected chi connectivity index (χ2v) is 11.4. The molecule has 2 aromatic heterocycles. The fraction of sp³-hybridized carbons (Fsp3) is 0.625. The highest BCUT2D eigenvalue weighted by Crippen LogP contribution is 2.33. The summed E-state index contributed by atoms with van der Waals surface area (Å²) in [6.45, 7) is 7.55. The van der Waals surface area contributed by atoms with Gasteiger partial charge >= 0.3 is 6.67 Å². The Labute approximate surface area is 253 Å². The molecule has 43 heavy (non-hydrogen) atoms. The van der Waals surface area contributed by atoms with E-state index in [1.54, 1.807) is 13.8 Å². The van der Waals surface area contributed by atoms with Crippen molar-refractivity contribution in [2.24, 2.45) is 11.8 Å². The lowest BCUT2D eigenvalue weighted by Crippen LogP contribution is -2.60. The first kappa shape index (κ1) is 35.2. The molecule has 3 aromatic rings. The maximum Gasteiger partial charge on any atom is 0.345 e. The van der Waals surface area contributed by atoms with E-state index in [1.807, 2.05) is 0 Å². The lowest BCUT2D eigenvalue weighted by Gasteiger charge is -2.46. The molecular formula is C32H50N2O9+2. The maximum absolute atomic E-state index is 10.3. The third-order valence-electron chi connectivity index (χ3n) is 8.78. The molecule has 2 fully saturated rings. The zero-order valence-corrected chi connectivity index (χ0v) is 23.9. The Morgan fingerprint density at radius 3 is 2.14 bits per heavy atom. The number of aryl methyl sites for hydroxylation is 2. The molecule has 240 valence electrons. The van der Waals surface area contributed by atoms with E-state index in [-0.39, 0.29) is 14.9 Å². The summed E-state index contributed by atoms with van der Waals surface area (Å²) < 4.78 is 21.0. The van der Waals surface area contributed by atoms with Crippen molar-refractivity contribution in [1.82, 2.24) is 0 Å². The molecule has 0 radical (unpaired) electrons. The second-order valence-electron chi connectivity index (χ2n) is 11.4. The van der Waals surface area contributed by atoms with Crippen LogP contribution >= 0.6 is 0 Å². The number of hydrogen-bond donors (Lipinski definition) is 6. The van der Waals surface area contributed by atoms with Gasteiger partial charge in [0.05, 0.1) is 36.2 Å². The highest BCUT2D eigenvalue weighted by Gasteiger charge is 2.48. The van der Waals surface area contributed by atoms with Crippen LogP contribution in [0, 0.1) is 18.8 Å². The smallest absolute Gasteiger partial charge is 0.345 e. The first-order valence-corrected chi connectivity index (χ1v) is 14.3. The average Bonchev–Trinajstić information content (AvgIpc) is 3.37. The van der Waals surface area contributed by atoms with Gasteiger partial charge in [0.1, 0.15) is 24.4 Å². The predicted molar refractivity (Wildman–Crippen MR) is 160 cm³/mol. The van der Waals surface area contributed by atoms with E-state index in [0.29, 0.717) is 0 Å². The Balaban J connectivity index is 0.000000229. The SMILES string of the molecule is C.C.CC1[C@@H](O)C(OC2OC(CO)[C@@H](O)C(O)[C@H]2C)[C@@H](CO)O[C@H]1O.CCc1cc2c(C)cc[n+]3c2c2c1ccc[n+]2C3. The predicted octanol–water partition coefficient (Wildman–Crippen LogP) is 0.683. The molecule has 10 atom stereocenters. The number of ether oxygens (including phenoxy) is 3. The third kappa shape index (κ3) is 6.28. The first-order valence-electron chi connectivity index (χ1n) is 14.3. The molecule has 11 nitrogen and oxygen atoms in total. The van der Waals surface area contributed by atoms with E-state index in [0.717, 1.165) is 13.1 Å². The quantitative estimate of drug-likeness (QED) is 0.142. The zero-order valence-electron chi connectivity index (χ0n) is 23.9. The van der Waals surface area contributed by atoms with Crippen LogP contribution in [0.3, 0.4) is 0 Å². The van der Waals surface area contributed by atoms with Crippen molar-refractivity contribution in [1.29, 1.82) is 0 Å². The highest BCUT2D eigenvalue weighted by atomic mass is 16.7. The summed E-state index contributed by atoms with van der Waals surface area (Å²) in [5, 5.41) is 61.2. The van der Waals surface area contributed by atoms with Crippen LogP contribution in [0.25, 0.3) is 21.8 Å². The summed E-state index contributed by atoms with van der Waals surface area (Å²) in [6.07, 6.45) is -3.32. The molecule has 3 aliphatic heterocycles. The van der Waals surface area contributed by atoms with Crippen LogP contribution in [0.15, 0.2) is 36.7 Å². The molecule has 5 unspecified atom stereocenters. The van der Waals surface area contributed by atoms with Gasteiger partial charge in [0.2, 0.25) is 0 Å². The summed E-state index contributed by atoms with van der Waals surface area (Å²) in [4.78, 5) is 0. The molecule has 11 heteroatoms. The molecule has 2 saturated heterocycles. The number of hydrogen-bond acceptors (Lipinski definition) is 9. The molecule has 0 saturated carbocycles. The second kappa shape index (κ2) is 14.2. The van der Waals surface area contributed by atoms with Crippen LogP contribution in [0.2, 0.25) is 0 Å². The normalized spacial score (nSPS) is 33.1. The van der Waals surface area contributed by atoms with E-state index in [2.05, 4.69) is 59.6 Å². The average molecular weight is 607 g/mol. The van der Waals surface area contributed by atoms with Gasteiger partial charge in [0.15, 0.2) is 25.0 Å². The molecule has 0 amide bonds. The molecule has 6 rings (SSSR count). The topological polar surface area (TPSA) is 157 Å². The van der Waals surface area contributed by atoms with Crippen LogP contribution in [0.1, 0.15) is 46.8 Å². The van der Waals surface area contributed by atoms with Crippen molar-refractivity contribution >= 4 is 21.8 Å². The summed E-state index contributed by atoms with van der Waals surface area (Å²) in [5.74, 6) is -1.28. The summed E-state index contributed by atoms with van der Waals surface area (Å²) in [7, 11) is 0. The standard InChI is InChI=1S/C16H16N2.C14H26O9.2CH4/c1-3-12-9-14-11(2)6-8-18-10-17-7-4-5-13(12)15(17)16(14)18;1-5-10(18)12(8(4-16)21-13(5)20)23-14-6(2)9(17)11(19)7(3-15)22-14;;/h4-9H,3,10H2,1-2H3;5-20H,3-4H2,1-2H3;2*1H4/q+2;;;/t;5?,6-,7?,8-,9?,10-,11-,12?,13-,14?;;/m.1../s1. The number of aliphatic hydroxyl groups excluding tert-OH is 6. The zero-order chi connectivity index (χ0) is 29.6. The summed E-state index contributed by atoms with van der Waals surface area (Å²) >= 11 is 0. The number of pyridine rings is 2. The number of rotatable bonds is 5. The number of benzene rings is 1. The fourth-order valence-corrected chi connectivity index (χ4v) is 6.09. The van der Waals surface area contributed by atoms with Crippen molar-refractivity contribution in [3.8, 4) is 0 Å². The van der Waals surface area contributed by atoms with E-state index in [4.69, 9.17) is 14.2 Å². The van der Waals surface area contributed by atoms with E-state index in [9.17, 15) is 30.6 Å². The van der Waals surface area contributed by atoms with E-state index < -0.39 is 74.3 Å². The van der Waals surface area contributed by atoms with Gasteiger partial charge in [0.25, 0.3) is 11.0 Å². The minimum Gasteiger partial charge on any atom is -0.394 e. The fourth-order valence-electron chi connectivity index (χ4n) is 6.09. The molecule has 0 spiro atoms. The number of aliphatic hydroxyl groups is 6.